The van der Waals surface area contributed by atoms with E-state index in [-0.39, 0.29) is 5.91 Å². The van der Waals surface area contributed by atoms with Crippen molar-refractivity contribution in [2.24, 2.45) is 0 Å². The fourth-order valence-corrected chi connectivity index (χ4v) is 3.15. The maximum absolute atomic E-state index is 12.9. The van der Waals surface area contributed by atoms with Crippen molar-refractivity contribution >= 4 is 5.91 Å². The van der Waals surface area contributed by atoms with E-state index < -0.39 is 17.3 Å². The zero-order valence-corrected chi connectivity index (χ0v) is 17.3. The van der Waals surface area contributed by atoms with Gasteiger partial charge in [0.05, 0.1) is 23.8 Å². The Labute approximate surface area is 173 Å². The van der Waals surface area contributed by atoms with Crippen molar-refractivity contribution in [1.29, 1.82) is 0 Å². The van der Waals surface area contributed by atoms with Crippen molar-refractivity contribution in [2.75, 3.05) is 0 Å². The van der Waals surface area contributed by atoms with Crippen molar-refractivity contribution in [2.45, 2.75) is 46.0 Å². The Morgan fingerprint density at radius 3 is 2.20 bits per heavy atom. The molecule has 0 atom stereocenters. The predicted octanol–water partition coefficient (Wildman–Crippen LogP) is 5.78. The summed E-state index contributed by atoms with van der Waals surface area (Å²) in [6, 6.07) is 10.3. The van der Waals surface area contributed by atoms with Crippen LogP contribution in [0.15, 0.2) is 55.0 Å². The van der Waals surface area contributed by atoms with Gasteiger partial charge >= 0.3 is 6.18 Å². The highest BCUT2D eigenvalue weighted by Crippen LogP contribution is 2.33. The van der Waals surface area contributed by atoms with Gasteiger partial charge in [0.15, 0.2) is 0 Å². The molecule has 0 spiro atoms. The van der Waals surface area contributed by atoms with Gasteiger partial charge in [-0.1, -0.05) is 12.1 Å². The molecule has 158 valence electrons. The van der Waals surface area contributed by atoms with Gasteiger partial charge in [0, 0.05) is 23.2 Å². The van der Waals surface area contributed by atoms with Crippen molar-refractivity contribution < 1.29 is 18.0 Å². The Balaban J connectivity index is 2.11. The Hall–Kier alpha value is -3.09. The summed E-state index contributed by atoms with van der Waals surface area (Å²) in [6.07, 6.45) is -0.985. The highest BCUT2D eigenvalue weighted by atomic mass is 19.4. The number of aryl methyl sites for hydroxylation is 1. The smallest absolute Gasteiger partial charge is 0.347 e. The summed E-state index contributed by atoms with van der Waals surface area (Å²) in [5, 5.41) is 2.93. The van der Waals surface area contributed by atoms with Crippen LogP contribution in [0.5, 0.6) is 0 Å². The van der Waals surface area contributed by atoms with Crippen LogP contribution in [0.1, 0.15) is 43.6 Å². The average molecular weight is 415 g/mol. The molecule has 3 rings (SSSR count). The van der Waals surface area contributed by atoms with E-state index in [1.54, 1.807) is 24.7 Å². The number of benzene rings is 2. The molecule has 0 aliphatic heterocycles. The number of hydrogen-bond acceptors (Lipinski definition) is 2. The van der Waals surface area contributed by atoms with Crippen LogP contribution in [-0.2, 0) is 12.7 Å². The number of alkyl halides is 3. The second-order valence-electron chi connectivity index (χ2n) is 8.14. The third kappa shape index (κ3) is 4.90. The fraction of sp³-hybridized carbons (Fsp3) is 0.304. The third-order valence-corrected chi connectivity index (χ3v) is 4.58. The van der Waals surface area contributed by atoms with Crippen LogP contribution in [0.2, 0.25) is 0 Å². The Morgan fingerprint density at radius 2 is 1.63 bits per heavy atom. The minimum absolute atomic E-state index is 0.250. The lowest BCUT2D eigenvalue weighted by Gasteiger charge is -2.21. The molecule has 30 heavy (non-hydrogen) atoms. The monoisotopic (exact) mass is 415 g/mol. The van der Waals surface area contributed by atoms with Gasteiger partial charge in [0.2, 0.25) is 0 Å². The van der Waals surface area contributed by atoms with E-state index in [1.807, 2.05) is 38.3 Å². The van der Waals surface area contributed by atoms with Crippen LogP contribution in [0.25, 0.3) is 22.4 Å². The maximum atomic E-state index is 12.9. The van der Waals surface area contributed by atoms with Crippen LogP contribution < -0.4 is 5.32 Å². The molecule has 1 aromatic heterocycles. The van der Waals surface area contributed by atoms with Gasteiger partial charge in [0.25, 0.3) is 5.91 Å². The number of imidazole rings is 1. The first-order valence-corrected chi connectivity index (χ1v) is 9.63. The molecule has 1 heterocycles. The molecule has 0 aliphatic carbocycles. The first-order chi connectivity index (χ1) is 14.0. The van der Waals surface area contributed by atoms with Gasteiger partial charge in [-0.2, -0.15) is 13.2 Å². The summed E-state index contributed by atoms with van der Waals surface area (Å²) in [6.45, 7) is 8.34. The van der Waals surface area contributed by atoms with Gasteiger partial charge in [0.1, 0.15) is 0 Å². The number of rotatable bonds is 4. The van der Waals surface area contributed by atoms with Crippen LogP contribution in [0.4, 0.5) is 13.2 Å². The molecule has 0 bridgehead atoms. The zero-order valence-electron chi connectivity index (χ0n) is 17.3. The third-order valence-electron chi connectivity index (χ3n) is 4.58. The van der Waals surface area contributed by atoms with E-state index in [4.69, 9.17) is 0 Å². The molecule has 0 saturated carbocycles. The van der Waals surface area contributed by atoms with E-state index in [0.29, 0.717) is 23.2 Å². The SMILES string of the molecule is CCn1cncc1-c1cc(C(=O)NC(C)(C)C)cc(-c2ccc(C(F)(F)F)cc2)c1. The highest BCUT2D eigenvalue weighted by molar-refractivity contribution is 5.97. The fourth-order valence-electron chi connectivity index (χ4n) is 3.15. The minimum atomic E-state index is -4.40. The quantitative estimate of drug-likeness (QED) is 0.587. The number of carbonyl (C=O) groups excluding carboxylic acids is 1. The molecule has 0 saturated heterocycles. The van der Waals surface area contributed by atoms with E-state index in [1.165, 1.54) is 12.1 Å². The topological polar surface area (TPSA) is 46.9 Å². The van der Waals surface area contributed by atoms with Crippen molar-refractivity contribution in [1.82, 2.24) is 14.9 Å². The van der Waals surface area contributed by atoms with E-state index in [9.17, 15) is 18.0 Å². The summed E-state index contributed by atoms with van der Waals surface area (Å²) in [7, 11) is 0. The number of nitrogens with one attached hydrogen (secondary N) is 1. The van der Waals surface area contributed by atoms with Crippen LogP contribution in [-0.4, -0.2) is 21.0 Å². The number of carbonyl (C=O) groups is 1. The predicted molar refractivity (Wildman–Crippen MR) is 111 cm³/mol. The van der Waals surface area contributed by atoms with E-state index >= 15 is 0 Å². The molecule has 3 aromatic rings. The van der Waals surface area contributed by atoms with Gasteiger partial charge in [-0.3, -0.25) is 4.79 Å². The summed E-state index contributed by atoms with van der Waals surface area (Å²) in [5.41, 5.74) is 2.15. The number of amides is 1. The largest absolute Gasteiger partial charge is 0.416 e. The average Bonchev–Trinajstić information content (AvgIpc) is 3.14. The van der Waals surface area contributed by atoms with Gasteiger partial charge < -0.3 is 9.88 Å². The first-order valence-electron chi connectivity index (χ1n) is 9.63. The maximum Gasteiger partial charge on any atom is 0.416 e. The molecule has 0 unspecified atom stereocenters. The summed E-state index contributed by atoms with van der Waals surface area (Å²) in [4.78, 5) is 17.0. The molecule has 0 aliphatic rings. The van der Waals surface area contributed by atoms with Crippen LogP contribution in [0.3, 0.4) is 0 Å². The number of nitrogens with zero attached hydrogens (tertiary/aromatic N) is 2. The van der Waals surface area contributed by atoms with Crippen molar-refractivity contribution in [3.05, 3.63) is 66.1 Å². The molecule has 1 amide bonds. The molecule has 4 nitrogen and oxygen atoms in total. The highest BCUT2D eigenvalue weighted by Gasteiger charge is 2.30. The molecule has 7 heteroatoms. The lowest BCUT2D eigenvalue weighted by Crippen LogP contribution is -2.40. The Kier molecular flexibility index (Phi) is 5.74. The molecule has 2 aromatic carbocycles. The normalized spacial score (nSPS) is 12.1. The van der Waals surface area contributed by atoms with Crippen LogP contribution in [0, 0.1) is 0 Å². The van der Waals surface area contributed by atoms with Gasteiger partial charge in [-0.05, 0) is 69.2 Å². The number of halogens is 3. The van der Waals surface area contributed by atoms with Crippen LogP contribution >= 0.6 is 0 Å². The molecule has 1 N–H and O–H groups in total. The van der Waals surface area contributed by atoms with Gasteiger partial charge in [-0.25, -0.2) is 4.98 Å². The summed E-state index contributed by atoms with van der Waals surface area (Å²) >= 11 is 0. The zero-order chi connectivity index (χ0) is 22.1. The number of aromatic nitrogens is 2. The van der Waals surface area contributed by atoms with Crippen molar-refractivity contribution in [3.63, 3.8) is 0 Å². The second-order valence-corrected chi connectivity index (χ2v) is 8.14. The Bertz CT molecular complexity index is 1040. The van der Waals surface area contributed by atoms with Gasteiger partial charge in [-0.15, -0.1) is 0 Å². The standard InChI is InChI=1S/C23H24F3N3O/c1-5-29-14-27-13-20(29)17-10-16(11-18(12-17)21(30)28-22(2,3)4)15-6-8-19(9-7-15)23(24,25)26/h6-14H,5H2,1-4H3,(H,28,30). The number of hydrogen-bond donors (Lipinski definition) is 1. The van der Waals surface area contributed by atoms with E-state index in [2.05, 4.69) is 10.3 Å². The van der Waals surface area contributed by atoms with E-state index in [0.717, 1.165) is 23.4 Å². The molecular formula is C23H24F3N3O. The summed E-state index contributed by atoms with van der Waals surface area (Å²) < 4.78 is 40.7. The first kappa shape index (κ1) is 21.6. The second kappa shape index (κ2) is 7.97. The lowest BCUT2D eigenvalue weighted by atomic mass is 9.96. The Morgan fingerprint density at radius 1 is 1.00 bits per heavy atom. The summed E-state index contributed by atoms with van der Waals surface area (Å²) in [5.74, 6) is -0.250. The minimum Gasteiger partial charge on any atom is -0.347 e. The van der Waals surface area contributed by atoms with Crippen molar-refractivity contribution in [3.8, 4) is 22.4 Å². The molecular weight excluding hydrogens is 391 g/mol. The molecule has 0 radical (unpaired) electrons. The molecule has 0 fully saturated rings. The lowest BCUT2D eigenvalue weighted by molar-refractivity contribution is -0.137.